The molecule has 3 aromatic carbocycles. The molecular weight excluding hydrogens is 463 g/mol. The first kappa shape index (κ1) is 20.8. The fraction of sp³-hybridized carbons (Fsp3) is 0.0417. The molecule has 0 aliphatic carbocycles. The number of anilines is 1. The lowest BCUT2D eigenvalue weighted by Gasteiger charge is -2.16. The zero-order valence-electron chi connectivity index (χ0n) is 16.9. The van der Waals surface area contributed by atoms with Crippen molar-refractivity contribution in [2.75, 3.05) is 4.90 Å². The number of aryl methyl sites for hydroxylation is 1. The van der Waals surface area contributed by atoms with Crippen molar-refractivity contribution in [3.05, 3.63) is 93.6 Å². The van der Waals surface area contributed by atoms with Crippen LogP contribution in [0.2, 0.25) is 10.0 Å². The molecule has 0 bridgehead atoms. The van der Waals surface area contributed by atoms with E-state index in [0.29, 0.717) is 37.3 Å². The lowest BCUT2D eigenvalue weighted by atomic mass is 10.3. The maximum absolute atomic E-state index is 13.5. The Morgan fingerprint density at radius 1 is 0.969 bits per heavy atom. The van der Waals surface area contributed by atoms with Crippen molar-refractivity contribution in [2.45, 2.75) is 0 Å². The normalized spacial score (nSPS) is 16.6. The summed E-state index contributed by atoms with van der Waals surface area (Å²) in [5.74, 6) is 0.502. The molecule has 1 fully saturated rings. The number of benzene rings is 3. The topological polar surface area (TPSA) is 50.5 Å². The molecule has 0 spiro atoms. The lowest BCUT2D eigenvalue weighted by Crippen LogP contribution is -2.28. The number of amides is 1. The SMILES string of the molecule is Cn1c(/C=C2/SC(=Nc3cccc(Cl)c3)N(c3cccc(Cl)c3)C2=O)nc2ccccc21. The smallest absolute Gasteiger partial charge is 0.271 e. The van der Waals surface area contributed by atoms with Crippen LogP contribution in [0.3, 0.4) is 0 Å². The van der Waals surface area contributed by atoms with Crippen molar-refractivity contribution in [1.29, 1.82) is 0 Å². The summed E-state index contributed by atoms with van der Waals surface area (Å²) < 4.78 is 1.96. The molecule has 0 saturated carbocycles. The molecule has 1 saturated heterocycles. The van der Waals surface area contributed by atoms with Crippen LogP contribution in [0.15, 0.2) is 82.7 Å². The van der Waals surface area contributed by atoms with Crippen LogP contribution < -0.4 is 4.90 Å². The first-order valence-corrected chi connectivity index (χ1v) is 11.3. The molecule has 0 N–H and O–H groups in total. The van der Waals surface area contributed by atoms with Crippen LogP contribution in [0.4, 0.5) is 11.4 Å². The zero-order valence-corrected chi connectivity index (χ0v) is 19.2. The van der Waals surface area contributed by atoms with Crippen molar-refractivity contribution in [1.82, 2.24) is 9.55 Å². The summed E-state index contributed by atoms with van der Waals surface area (Å²) in [5, 5.41) is 1.63. The first-order chi connectivity index (χ1) is 15.5. The Balaban J connectivity index is 1.61. The van der Waals surface area contributed by atoms with Crippen LogP contribution in [0.5, 0.6) is 0 Å². The number of hydrogen-bond acceptors (Lipinski definition) is 4. The Morgan fingerprint density at radius 3 is 2.47 bits per heavy atom. The van der Waals surface area contributed by atoms with Crippen LogP contribution >= 0.6 is 35.0 Å². The highest BCUT2D eigenvalue weighted by molar-refractivity contribution is 8.19. The minimum atomic E-state index is -0.190. The van der Waals surface area contributed by atoms with Gasteiger partial charge in [-0.05, 0) is 60.3 Å². The van der Waals surface area contributed by atoms with Crippen molar-refractivity contribution >= 4 is 74.5 Å². The van der Waals surface area contributed by atoms with E-state index >= 15 is 0 Å². The van der Waals surface area contributed by atoms with Gasteiger partial charge in [0.25, 0.3) is 5.91 Å². The fourth-order valence-corrected chi connectivity index (χ4v) is 4.80. The number of rotatable bonds is 3. The number of nitrogens with zero attached hydrogens (tertiary/aromatic N) is 4. The second kappa shape index (κ2) is 8.47. The highest BCUT2D eigenvalue weighted by Gasteiger charge is 2.35. The molecular formula is C24H16Cl2N4OS. The summed E-state index contributed by atoms with van der Waals surface area (Å²) in [6.45, 7) is 0. The number of amidine groups is 1. The molecule has 5 rings (SSSR count). The van der Waals surface area contributed by atoms with Gasteiger partial charge in [0, 0.05) is 23.2 Å². The quantitative estimate of drug-likeness (QED) is 0.308. The second-order valence-electron chi connectivity index (χ2n) is 7.12. The highest BCUT2D eigenvalue weighted by Crippen LogP contribution is 2.38. The average molecular weight is 479 g/mol. The summed E-state index contributed by atoms with van der Waals surface area (Å²) in [6, 6.07) is 22.2. The summed E-state index contributed by atoms with van der Waals surface area (Å²) in [6.07, 6.45) is 1.80. The Kier molecular flexibility index (Phi) is 5.51. The van der Waals surface area contributed by atoms with E-state index in [2.05, 4.69) is 4.98 Å². The average Bonchev–Trinajstić information content (AvgIpc) is 3.25. The molecule has 5 nitrogen and oxygen atoms in total. The van der Waals surface area contributed by atoms with Gasteiger partial charge in [-0.2, -0.15) is 0 Å². The van der Waals surface area contributed by atoms with E-state index in [1.807, 2.05) is 54.1 Å². The summed E-state index contributed by atoms with van der Waals surface area (Å²) in [4.78, 5) is 24.9. The van der Waals surface area contributed by atoms with Crippen molar-refractivity contribution in [3.63, 3.8) is 0 Å². The number of thioether (sulfide) groups is 1. The predicted octanol–water partition coefficient (Wildman–Crippen LogP) is 6.69. The second-order valence-corrected chi connectivity index (χ2v) is 9.01. The number of aliphatic imine (C=N–C) groups is 1. The van der Waals surface area contributed by atoms with E-state index in [0.717, 1.165) is 11.0 Å². The van der Waals surface area contributed by atoms with E-state index < -0.39 is 0 Å². The number of carbonyl (C=O) groups excluding carboxylic acids is 1. The minimum absolute atomic E-state index is 0.190. The molecule has 4 aromatic rings. The Morgan fingerprint density at radius 2 is 1.72 bits per heavy atom. The minimum Gasteiger partial charge on any atom is -0.328 e. The third kappa shape index (κ3) is 3.93. The van der Waals surface area contributed by atoms with Crippen LogP contribution in [0.1, 0.15) is 5.82 Å². The molecule has 1 aliphatic rings. The van der Waals surface area contributed by atoms with E-state index in [4.69, 9.17) is 28.2 Å². The molecule has 0 radical (unpaired) electrons. The van der Waals surface area contributed by atoms with Crippen LogP contribution in [0.25, 0.3) is 17.1 Å². The maximum Gasteiger partial charge on any atom is 0.271 e. The van der Waals surface area contributed by atoms with Gasteiger partial charge in [-0.1, -0.05) is 47.5 Å². The van der Waals surface area contributed by atoms with E-state index in [9.17, 15) is 4.79 Å². The lowest BCUT2D eigenvalue weighted by molar-refractivity contribution is -0.113. The number of halogens is 2. The molecule has 32 heavy (non-hydrogen) atoms. The monoisotopic (exact) mass is 478 g/mol. The fourth-order valence-electron chi connectivity index (χ4n) is 3.46. The Hall–Kier alpha value is -3.06. The van der Waals surface area contributed by atoms with Crippen molar-refractivity contribution in [2.24, 2.45) is 12.0 Å². The van der Waals surface area contributed by atoms with E-state index in [-0.39, 0.29) is 5.91 Å². The molecule has 158 valence electrons. The maximum atomic E-state index is 13.5. The molecule has 8 heteroatoms. The molecule has 1 amide bonds. The van der Waals surface area contributed by atoms with Gasteiger partial charge in [-0.3, -0.25) is 9.69 Å². The number of carbonyl (C=O) groups is 1. The van der Waals surface area contributed by atoms with Gasteiger partial charge in [0.15, 0.2) is 5.17 Å². The number of aromatic nitrogens is 2. The number of fused-ring (bicyclic) bond motifs is 1. The van der Waals surface area contributed by atoms with Crippen molar-refractivity contribution in [3.8, 4) is 0 Å². The molecule has 0 atom stereocenters. The first-order valence-electron chi connectivity index (χ1n) is 9.75. The van der Waals surface area contributed by atoms with Crippen molar-refractivity contribution < 1.29 is 4.79 Å². The van der Waals surface area contributed by atoms with Gasteiger partial charge < -0.3 is 4.57 Å². The Bertz CT molecular complexity index is 1430. The molecule has 1 aromatic heterocycles. The number of hydrogen-bond donors (Lipinski definition) is 0. The van der Waals surface area contributed by atoms with Gasteiger partial charge in [-0.15, -0.1) is 0 Å². The molecule has 1 aliphatic heterocycles. The largest absolute Gasteiger partial charge is 0.328 e. The summed E-state index contributed by atoms with van der Waals surface area (Å²) >= 11 is 13.6. The van der Waals surface area contributed by atoms with Gasteiger partial charge >= 0.3 is 0 Å². The van der Waals surface area contributed by atoms with E-state index in [1.165, 1.54) is 11.8 Å². The standard InChI is InChI=1S/C24H16Cl2N4OS/c1-29-20-11-3-2-10-19(20)28-22(29)14-21-23(31)30(18-9-5-7-16(26)13-18)24(32-21)27-17-8-4-6-15(25)12-17/h2-14H,1H3/b21-14+,27-24?. The van der Waals surface area contributed by atoms with Gasteiger partial charge in [-0.25, -0.2) is 9.98 Å². The highest BCUT2D eigenvalue weighted by atomic mass is 35.5. The molecule has 0 unspecified atom stereocenters. The van der Waals surface area contributed by atoms with Gasteiger partial charge in [0.1, 0.15) is 5.82 Å². The summed E-state index contributed by atoms with van der Waals surface area (Å²) in [5.41, 5.74) is 3.17. The zero-order chi connectivity index (χ0) is 22.2. The van der Waals surface area contributed by atoms with E-state index in [1.54, 1.807) is 41.3 Å². The third-order valence-electron chi connectivity index (χ3n) is 4.99. The van der Waals surface area contributed by atoms with Crippen LogP contribution in [-0.4, -0.2) is 20.6 Å². The van der Waals surface area contributed by atoms with Gasteiger partial charge in [0.2, 0.25) is 0 Å². The number of para-hydroxylation sites is 2. The molecule has 2 heterocycles. The van der Waals surface area contributed by atoms with Crippen LogP contribution in [-0.2, 0) is 11.8 Å². The summed E-state index contributed by atoms with van der Waals surface area (Å²) in [7, 11) is 1.93. The predicted molar refractivity (Wildman–Crippen MR) is 134 cm³/mol. The van der Waals surface area contributed by atoms with Crippen LogP contribution in [0, 0.1) is 0 Å². The van der Waals surface area contributed by atoms with Gasteiger partial charge in [0.05, 0.1) is 27.3 Å². The number of imidazole rings is 1. The third-order valence-corrected chi connectivity index (χ3v) is 6.43. The Labute approximate surface area is 199 Å².